The lowest BCUT2D eigenvalue weighted by Crippen LogP contribution is -2.35. The Morgan fingerprint density at radius 1 is 1.14 bits per heavy atom. The van der Waals surface area contributed by atoms with E-state index in [0.717, 1.165) is 18.6 Å². The summed E-state index contributed by atoms with van der Waals surface area (Å²) in [5, 5.41) is 0.701. The molecule has 0 heterocycles. The van der Waals surface area contributed by atoms with Gasteiger partial charge < -0.3 is 9.64 Å². The number of hydrogen-bond donors (Lipinski definition) is 0. The number of ether oxygens (including phenoxy) is 1. The molecule has 2 aromatic carbocycles. The van der Waals surface area contributed by atoms with Crippen molar-refractivity contribution in [2.45, 2.75) is 24.8 Å². The molecule has 0 radical (unpaired) electrons. The van der Waals surface area contributed by atoms with E-state index in [1.165, 1.54) is 16.7 Å². The van der Waals surface area contributed by atoms with E-state index in [2.05, 4.69) is 61.5 Å². The first-order chi connectivity index (χ1) is 10.6. The van der Waals surface area contributed by atoms with E-state index < -0.39 is 0 Å². The van der Waals surface area contributed by atoms with E-state index >= 15 is 0 Å². The number of methoxy groups -OCH3 is 1. The van der Waals surface area contributed by atoms with E-state index in [4.69, 9.17) is 16.3 Å². The first kappa shape index (κ1) is 15.4. The molecule has 0 spiro atoms. The minimum Gasteiger partial charge on any atom is -0.495 e. The molecule has 3 heteroatoms. The molecular weight excluding hydrogens is 294 g/mol. The fraction of sp³-hybridized carbons (Fsp3) is 0.368. The van der Waals surface area contributed by atoms with E-state index in [9.17, 15) is 0 Å². The number of fused-ring (bicyclic) bond motifs is 1. The first-order valence-corrected chi connectivity index (χ1v) is 8.05. The van der Waals surface area contributed by atoms with Gasteiger partial charge in [0.2, 0.25) is 0 Å². The van der Waals surface area contributed by atoms with Crippen LogP contribution < -0.4 is 4.74 Å². The van der Waals surface area contributed by atoms with Gasteiger partial charge in [0.25, 0.3) is 0 Å². The summed E-state index contributed by atoms with van der Waals surface area (Å²) >= 11 is 6.34. The zero-order valence-electron chi connectivity index (χ0n) is 13.3. The number of benzene rings is 2. The Morgan fingerprint density at radius 2 is 1.86 bits per heavy atom. The second kappa shape index (κ2) is 6.31. The maximum absolute atomic E-state index is 6.34. The highest BCUT2D eigenvalue weighted by Gasteiger charge is 2.30. The van der Waals surface area contributed by atoms with Crippen LogP contribution in [0.25, 0.3) is 0 Å². The van der Waals surface area contributed by atoms with Crippen molar-refractivity contribution in [3.05, 3.63) is 64.2 Å². The molecule has 0 aromatic heterocycles. The van der Waals surface area contributed by atoms with Crippen LogP contribution in [-0.2, 0) is 6.42 Å². The van der Waals surface area contributed by atoms with Gasteiger partial charge in [0.15, 0.2) is 0 Å². The minimum absolute atomic E-state index is 0.392. The molecular formula is C19H22ClNO. The van der Waals surface area contributed by atoms with E-state index in [1.54, 1.807) is 7.11 Å². The predicted molar refractivity (Wildman–Crippen MR) is 92.1 cm³/mol. The average molecular weight is 316 g/mol. The molecule has 2 nitrogen and oxygen atoms in total. The molecule has 116 valence electrons. The first-order valence-electron chi connectivity index (χ1n) is 7.68. The molecule has 0 bridgehead atoms. The lowest BCUT2D eigenvalue weighted by molar-refractivity contribution is 0.258. The summed E-state index contributed by atoms with van der Waals surface area (Å²) in [5.41, 5.74) is 4.05. The summed E-state index contributed by atoms with van der Waals surface area (Å²) in [6, 6.07) is 15.5. The van der Waals surface area contributed by atoms with Crippen LogP contribution in [0.15, 0.2) is 42.5 Å². The van der Waals surface area contributed by atoms with Crippen LogP contribution in [-0.4, -0.2) is 32.1 Å². The van der Waals surface area contributed by atoms with E-state index in [-0.39, 0.29) is 0 Å². The van der Waals surface area contributed by atoms with Gasteiger partial charge in [-0.2, -0.15) is 0 Å². The molecule has 2 atom stereocenters. The topological polar surface area (TPSA) is 12.5 Å². The third-order valence-electron chi connectivity index (χ3n) is 4.68. The van der Waals surface area contributed by atoms with Crippen molar-refractivity contribution in [1.82, 2.24) is 4.90 Å². The van der Waals surface area contributed by atoms with Gasteiger partial charge in [-0.3, -0.25) is 0 Å². The van der Waals surface area contributed by atoms with Crippen molar-refractivity contribution < 1.29 is 4.74 Å². The molecule has 0 fully saturated rings. The average Bonchev–Trinajstić information content (AvgIpc) is 2.53. The van der Waals surface area contributed by atoms with Crippen LogP contribution in [0, 0.1) is 0 Å². The monoisotopic (exact) mass is 315 g/mol. The van der Waals surface area contributed by atoms with Crippen molar-refractivity contribution in [2.24, 2.45) is 0 Å². The van der Waals surface area contributed by atoms with Crippen LogP contribution in [0.5, 0.6) is 5.75 Å². The Bertz CT molecular complexity index is 654. The molecule has 0 aliphatic heterocycles. The summed E-state index contributed by atoms with van der Waals surface area (Å²) < 4.78 is 5.43. The summed E-state index contributed by atoms with van der Waals surface area (Å²) in [6.45, 7) is 0. The number of nitrogens with zero attached hydrogens (tertiary/aromatic N) is 1. The molecule has 0 saturated heterocycles. The summed E-state index contributed by atoms with van der Waals surface area (Å²) in [5.74, 6) is 1.16. The third kappa shape index (κ3) is 2.86. The Hall–Kier alpha value is -1.51. The summed E-state index contributed by atoms with van der Waals surface area (Å²) in [4.78, 5) is 2.32. The van der Waals surface area contributed by atoms with Crippen LogP contribution in [0.2, 0.25) is 5.02 Å². The molecule has 2 unspecified atom stereocenters. The molecule has 0 saturated carbocycles. The number of rotatable bonds is 3. The van der Waals surface area contributed by atoms with E-state index in [0.29, 0.717) is 17.0 Å². The Balaban J connectivity index is 2.10. The zero-order chi connectivity index (χ0) is 15.7. The highest BCUT2D eigenvalue weighted by molar-refractivity contribution is 6.32. The van der Waals surface area contributed by atoms with Crippen molar-refractivity contribution in [3.8, 4) is 5.75 Å². The maximum atomic E-state index is 6.34. The van der Waals surface area contributed by atoms with Gasteiger partial charge in [-0.25, -0.2) is 0 Å². The predicted octanol–water partition coefficient (Wildman–Crippen LogP) is 4.36. The van der Waals surface area contributed by atoms with Crippen LogP contribution in [0.1, 0.15) is 29.0 Å². The van der Waals surface area contributed by atoms with Crippen molar-refractivity contribution in [2.75, 3.05) is 21.2 Å². The standard InChI is InChI=1S/C19H22ClNO/c1-21(2)15-9-14-10-18(20)19(22-3)12-17(14)16(11-15)13-7-5-4-6-8-13/h4-8,10,12,15-16H,9,11H2,1-3H3. The smallest absolute Gasteiger partial charge is 0.137 e. The Kier molecular flexibility index (Phi) is 4.42. The van der Waals surface area contributed by atoms with Gasteiger partial charge in [0.05, 0.1) is 12.1 Å². The van der Waals surface area contributed by atoms with Crippen molar-refractivity contribution >= 4 is 11.6 Å². The molecule has 22 heavy (non-hydrogen) atoms. The summed E-state index contributed by atoms with van der Waals surface area (Å²) in [7, 11) is 5.99. The SMILES string of the molecule is COc1cc2c(cc1Cl)CC(N(C)C)CC2c1ccccc1. The second-order valence-corrected chi connectivity index (χ2v) is 6.61. The van der Waals surface area contributed by atoms with Gasteiger partial charge >= 0.3 is 0 Å². The third-order valence-corrected chi connectivity index (χ3v) is 4.98. The number of hydrogen-bond acceptors (Lipinski definition) is 2. The lowest BCUT2D eigenvalue weighted by Gasteiger charge is -2.36. The fourth-order valence-electron chi connectivity index (χ4n) is 3.40. The Morgan fingerprint density at radius 3 is 2.50 bits per heavy atom. The molecule has 2 aromatic rings. The van der Waals surface area contributed by atoms with Gasteiger partial charge in [0.1, 0.15) is 5.75 Å². The van der Waals surface area contributed by atoms with Crippen molar-refractivity contribution in [3.63, 3.8) is 0 Å². The fourth-order valence-corrected chi connectivity index (χ4v) is 3.66. The normalized spacial score (nSPS) is 20.8. The summed E-state index contributed by atoms with van der Waals surface area (Å²) in [6.07, 6.45) is 2.16. The minimum atomic E-state index is 0.392. The Labute approximate surface area is 137 Å². The number of likely N-dealkylation sites (N-methyl/N-ethyl adjacent to an activating group) is 1. The van der Waals surface area contributed by atoms with Crippen LogP contribution in [0.4, 0.5) is 0 Å². The molecule has 3 rings (SSSR count). The molecule has 1 aliphatic carbocycles. The second-order valence-electron chi connectivity index (χ2n) is 6.21. The van der Waals surface area contributed by atoms with Gasteiger partial charge in [0, 0.05) is 12.0 Å². The highest BCUT2D eigenvalue weighted by Crippen LogP contribution is 2.41. The van der Waals surface area contributed by atoms with Gasteiger partial charge in [-0.1, -0.05) is 41.9 Å². The van der Waals surface area contributed by atoms with Crippen LogP contribution >= 0.6 is 11.6 Å². The molecule has 0 N–H and O–H groups in total. The largest absolute Gasteiger partial charge is 0.495 e. The van der Waals surface area contributed by atoms with E-state index in [1.807, 2.05) is 0 Å². The highest BCUT2D eigenvalue weighted by atomic mass is 35.5. The zero-order valence-corrected chi connectivity index (χ0v) is 14.1. The van der Waals surface area contributed by atoms with Gasteiger partial charge in [-0.05, 0) is 55.8 Å². The lowest BCUT2D eigenvalue weighted by atomic mass is 9.76. The van der Waals surface area contributed by atoms with Crippen molar-refractivity contribution in [1.29, 1.82) is 0 Å². The quantitative estimate of drug-likeness (QED) is 0.834. The molecule has 1 aliphatic rings. The number of halogens is 1. The van der Waals surface area contributed by atoms with Gasteiger partial charge in [-0.15, -0.1) is 0 Å². The maximum Gasteiger partial charge on any atom is 0.137 e. The molecule has 0 amide bonds. The van der Waals surface area contributed by atoms with Crippen LogP contribution in [0.3, 0.4) is 0 Å².